The first-order valence-electron chi connectivity index (χ1n) is 10.1. The largest absolute Gasteiger partial charge is 0.493 e. The van der Waals surface area contributed by atoms with Crippen LogP contribution in [0.2, 0.25) is 0 Å². The normalized spacial score (nSPS) is 10.9. The highest BCUT2D eigenvalue weighted by atomic mass is 32.1. The Kier molecular flexibility index (Phi) is 8.79. The second-order valence-corrected chi connectivity index (χ2v) is 7.84. The molecule has 0 saturated carbocycles. The summed E-state index contributed by atoms with van der Waals surface area (Å²) in [6.07, 6.45) is 5.53. The summed E-state index contributed by atoms with van der Waals surface area (Å²) in [6.45, 7) is 1.01. The molecule has 0 radical (unpaired) electrons. The van der Waals surface area contributed by atoms with E-state index in [1.165, 1.54) is 0 Å². The minimum absolute atomic E-state index is 0.186. The van der Waals surface area contributed by atoms with Gasteiger partial charge in [0.1, 0.15) is 5.75 Å². The number of aromatic nitrogens is 1. The van der Waals surface area contributed by atoms with Crippen LogP contribution in [0.3, 0.4) is 0 Å². The lowest BCUT2D eigenvalue weighted by Gasteiger charge is -2.10. The van der Waals surface area contributed by atoms with Crippen LogP contribution in [0.25, 0.3) is 12.2 Å². The number of hydrogen-bond donors (Lipinski definition) is 1. The Bertz CT molecular complexity index is 1120. The third-order valence-electron chi connectivity index (χ3n) is 4.53. The maximum atomic E-state index is 13.2. The van der Waals surface area contributed by atoms with Gasteiger partial charge >= 0.3 is 0 Å². The fourth-order valence-electron chi connectivity index (χ4n) is 2.96. The van der Waals surface area contributed by atoms with E-state index in [0.717, 1.165) is 28.7 Å². The Balaban J connectivity index is 1.84. The summed E-state index contributed by atoms with van der Waals surface area (Å²) in [7, 11) is 4.79. The Hall–Kier alpha value is -3.43. The smallest absolute Gasteiger partial charge is 0.257 e. The van der Waals surface area contributed by atoms with Gasteiger partial charge in [0.2, 0.25) is 0 Å². The molecule has 0 fully saturated rings. The zero-order chi connectivity index (χ0) is 23.6. The van der Waals surface area contributed by atoms with Gasteiger partial charge in [-0.05, 0) is 41.5 Å². The van der Waals surface area contributed by atoms with Gasteiger partial charge in [-0.1, -0.05) is 29.6 Å². The fourth-order valence-corrected chi connectivity index (χ4v) is 3.50. The average Bonchev–Trinajstić information content (AvgIpc) is 3.24. The molecule has 1 aromatic heterocycles. The summed E-state index contributed by atoms with van der Waals surface area (Å²) in [6, 6.07) is 10.8. The lowest BCUT2D eigenvalue weighted by atomic mass is 10.1. The quantitative estimate of drug-likeness (QED) is 0.308. The molecule has 0 spiro atoms. The van der Waals surface area contributed by atoms with Crippen LogP contribution < -0.4 is 19.5 Å². The van der Waals surface area contributed by atoms with E-state index in [0.29, 0.717) is 42.4 Å². The van der Waals surface area contributed by atoms with Crippen molar-refractivity contribution in [2.75, 3.05) is 39.9 Å². The molecule has 3 rings (SSSR count). The van der Waals surface area contributed by atoms with Crippen molar-refractivity contribution >= 4 is 34.5 Å². The molecule has 33 heavy (non-hydrogen) atoms. The van der Waals surface area contributed by atoms with Crippen molar-refractivity contribution in [1.82, 2.24) is 4.98 Å². The minimum Gasteiger partial charge on any atom is -0.493 e. The van der Waals surface area contributed by atoms with Crippen molar-refractivity contribution in [3.05, 3.63) is 64.4 Å². The van der Waals surface area contributed by atoms with Crippen LogP contribution in [0.15, 0.2) is 42.6 Å². The zero-order valence-corrected chi connectivity index (χ0v) is 19.4. The predicted octanol–water partition coefficient (Wildman–Crippen LogP) is 5.14. The predicted molar refractivity (Wildman–Crippen MR) is 127 cm³/mol. The molecular formula is C24H25FN2O5S. The van der Waals surface area contributed by atoms with Crippen molar-refractivity contribution in [1.29, 1.82) is 0 Å². The van der Waals surface area contributed by atoms with Crippen LogP contribution in [-0.2, 0) is 4.74 Å². The van der Waals surface area contributed by atoms with E-state index in [1.54, 1.807) is 33.5 Å². The van der Waals surface area contributed by atoms with E-state index in [4.69, 9.17) is 18.9 Å². The Morgan fingerprint density at radius 2 is 1.82 bits per heavy atom. The van der Waals surface area contributed by atoms with Gasteiger partial charge in [0.25, 0.3) is 5.91 Å². The molecule has 174 valence electrons. The first-order chi connectivity index (χ1) is 16.0. The van der Waals surface area contributed by atoms with Gasteiger partial charge < -0.3 is 18.9 Å². The van der Waals surface area contributed by atoms with Crippen LogP contribution in [0.1, 0.15) is 27.9 Å². The van der Waals surface area contributed by atoms with Gasteiger partial charge in [0.05, 0.1) is 27.0 Å². The Morgan fingerprint density at radius 3 is 2.52 bits per heavy atom. The van der Waals surface area contributed by atoms with Gasteiger partial charge in [-0.25, -0.2) is 4.98 Å². The van der Waals surface area contributed by atoms with Gasteiger partial charge in [-0.15, -0.1) is 0 Å². The number of carbonyl (C=O) groups excluding carboxylic acids is 1. The number of amides is 1. The van der Waals surface area contributed by atoms with E-state index in [9.17, 15) is 9.18 Å². The van der Waals surface area contributed by atoms with Crippen molar-refractivity contribution in [2.24, 2.45) is 0 Å². The van der Waals surface area contributed by atoms with E-state index < -0.39 is 11.0 Å². The first kappa shape index (κ1) is 24.2. The second-order valence-electron chi connectivity index (χ2n) is 6.86. The lowest BCUT2D eigenvalue weighted by molar-refractivity contribution is 0.102. The average molecular weight is 473 g/mol. The second kappa shape index (κ2) is 12.0. The lowest BCUT2D eigenvalue weighted by Crippen LogP contribution is -2.12. The van der Waals surface area contributed by atoms with Crippen molar-refractivity contribution in [2.45, 2.75) is 6.42 Å². The highest BCUT2D eigenvalue weighted by Gasteiger charge is 2.12. The Labute approximate surface area is 195 Å². The molecule has 7 nitrogen and oxygen atoms in total. The number of halogens is 1. The van der Waals surface area contributed by atoms with Gasteiger partial charge in [-0.3, -0.25) is 10.1 Å². The van der Waals surface area contributed by atoms with Crippen LogP contribution >= 0.6 is 11.3 Å². The molecule has 3 aromatic rings. The summed E-state index contributed by atoms with van der Waals surface area (Å²) in [5.41, 5.74) is 2.01. The molecule has 0 aliphatic heterocycles. The third kappa shape index (κ3) is 7.03. The van der Waals surface area contributed by atoms with Crippen LogP contribution in [-0.4, -0.2) is 45.4 Å². The molecule has 0 saturated heterocycles. The molecule has 0 bridgehead atoms. The maximum Gasteiger partial charge on any atom is 0.257 e. The number of ether oxygens (including phenoxy) is 4. The summed E-state index contributed by atoms with van der Waals surface area (Å²) >= 11 is 0.761. The minimum atomic E-state index is -0.473. The van der Waals surface area contributed by atoms with Gasteiger partial charge in [0.15, 0.2) is 21.8 Å². The molecule has 0 unspecified atom stereocenters. The molecule has 1 amide bonds. The Morgan fingerprint density at radius 1 is 1.03 bits per heavy atom. The molecule has 0 atom stereocenters. The monoisotopic (exact) mass is 472 g/mol. The van der Waals surface area contributed by atoms with E-state index >= 15 is 0 Å². The van der Waals surface area contributed by atoms with Crippen LogP contribution in [0, 0.1) is 5.13 Å². The highest BCUT2D eigenvalue weighted by molar-refractivity contribution is 7.14. The van der Waals surface area contributed by atoms with Crippen molar-refractivity contribution in [3.8, 4) is 17.2 Å². The zero-order valence-electron chi connectivity index (χ0n) is 18.6. The number of rotatable bonds is 11. The molecule has 2 aromatic carbocycles. The number of benzene rings is 2. The first-order valence-corrected chi connectivity index (χ1v) is 10.9. The maximum absolute atomic E-state index is 13.2. The number of methoxy groups -OCH3 is 3. The van der Waals surface area contributed by atoms with E-state index in [1.807, 2.05) is 36.4 Å². The summed E-state index contributed by atoms with van der Waals surface area (Å²) in [4.78, 5) is 16.6. The molecule has 1 N–H and O–H groups in total. The number of hydrogen-bond acceptors (Lipinski definition) is 7. The molecule has 0 aliphatic rings. The standard InChI is InChI=1S/C24H25FN2O5S/c1-29-9-4-10-32-19-12-17(6-5-16-7-8-20(30-2)21(13-16)31-3)11-18(14-19)23(28)27-24-26-15-22(25)33-24/h5-8,11-15H,4,9-10H2,1-3H3,(H,26,27,28)/b6-5+. The molecule has 0 aliphatic carbocycles. The highest BCUT2D eigenvalue weighted by Crippen LogP contribution is 2.29. The summed E-state index contributed by atoms with van der Waals surface area (Å²) < 4.78 is 34.7. The number of nitrogens with zero attached hydrogens (tertiary/aromatic N) is 1. The topological polar surface area (TPSA) is 78.9 Å². The van der Waals surface area contributed by atoms with Crippen LogP contribution in [0.5, 0.6) is 17.2 Å². The number of carbonyl (C=O) groups is 1. The van der Waals surface area contributed by atoms with Gasteiger partial charge in [-0.2, -0.15) is 4.39 Å². The van der Waals surface area contributed by atoms with E-state index in [2.05, 4.69) is 10.3 Å². The molecule has 1 heterocycles. The van der Waals surface area contributed by atoms with E-state index in [-0.39, 0.29) is 5.13 Å². The SMILES string of the molecule is COCCCOc1cc(/C=C/c2ccc(OC)c(OC)c2)cc(C(=O)Nc2ncc(F)s2)c1. The number of anilines is 1. The van der Waals surface area contributed by atoms with Gasteiger partial charge in [0, 0.05) is 25.7 Å². The molecule has 9 heteroatoms. The molecular weight excluding hydrogens is 447 g/mol. The number of nitrogens with one attached hydrogen (secondary N) is 1. The van der Waals surface area contributed by atoms with Crippen molar-refractivity contribution < 1.29 is 28.1 Å². The summed E-state index contributed by atoms with van der Waals surface area (Å²) in [5, 5.41) is 2.32. The van der Waals surface area contributed by atoms with Crippen LogP contribution in [0.4, 0.5) is 9.52 Å². The van der Waals surface area contributed by atoms with Crippen molar-refractivity contribution in [3.63, 3.8) is 0 Å². The summed E-state index contributed by atoms with van der Waals surface area (Å²) in [5.74, 6) is 1.38. The fraction of sp³-hybridized carbons (Fsp3) is 0.250. The number of thiazole rings is 1. The third-order valence-corrected chi connectivity index (χ3v) is 5.23.